The molecule has 98 valence electrons. The van der Waals surface area contributed by atoms with Gasteiger partial charge in [0.05, 0.1) is 12.1 Å². The van der Waals surface area contributed by atoms with Crippen molar-refractivity contribution in [2.24, 2.45) is 0 Å². The molecule has 0 spiro atoms. The van der Waals surface area contributed by atoms with E-state index in [-0.39, 0.29) is 6.42 Å². The van der Waals surface area contributed by atoms with Gasteiger partial charge in [0.1, 0.15) is 0 Å². The molecule has 0 saturated heterocycles. The van der Waals surface area contributed by atoms with Crippen molar-refractivity contribution in [2.75, 3.05) is 18.5 Å². The van der Waals surface area contributed by atoms with Gasteiger partial charge < -0.3 is 10.0 Å². The van der Waals surface area contributed by atoms with Crippen LogP contribution in [0.25, 0.3) is 11.3 Å². The molecular weight excluding hydrogens is 244 g/mol. The number of nitrogens with zero attached hydrogens (tertiary/aromatic N) is 4. The number of hydrogen-bond acceptors (Lipinski definition) is 5. The molecule has 0 aromatic carbocycles. The Morgan fingerprint density at radius 2 is 2.00 bits per heavy atom. The molecule has 0 aliphatic carbocycles. The highest BCUT2D eigenvalue weighted by Gasteiger charge is 2.07. The minimum absolute atomic E-state index is 0.0574. The van der Waals surface area contributed by atoms with Crippen molar-refractivity contribution in [3.05, 3.63) is 36.8 Å². The van der Waals surface area contributed by atoms with E-state index in [1.165, 1.54) is 0 Å². The van der Waals surface area contributed by atoms with Crippen molar-refractivity contribution in [3.8, 4) is 11.3 Å². The van der Waals surface area contributed by atoms with Crippen molar-refractivity contribution in [1.82, 2.24) is 15.0 Å². The summed E-state index contributed by atoms with van der Waals surface area (Å²) in [5.74, 6) is -0.335. The molecule has 1 N–H and O–H groups in total. The fourth-order valence-corrected chi connectivity index (χ4v) is 1.55. The van der Waals surface area contributed by atoms with Gasteiger partial charge in [-0.2, -0.15) is 0 Å². The molecule has 0 unspecified atom stereocenters. The van der Waals surface area contributed by atoms with Crippen LogP contribution in [0.5, 0.6) is 0 Å². The Morgan fingerprint density at radius 1 is 1.26 bits per heavy atom. The third-order valence-electron chi connectivity index (χ3n) is 2.60. The first-order chi connectivity index (χ1) is 9.16. The number of pyridine rings is 1. The molecule has 0 aliphatic rings. The summed E-state index contributed by atoms with van der Waals surface area (Å²) in [6, 6.07) is 5.63. The van der Waals surface area contributed by atoms with Gasteiger partial charge in [-0.15, -0.1) is 0 Å². The second-order valence-electron chi connectivity index (χ2n) is 4.05. The highest BCUT2D eigenvalue weighted by atomic mass is 16.4. The Balaban J connectivity index is 2.08. The molecular formula is C13H14N4O2. The molecule has 2 heterocycles. The number of anilines is 1. The van der Waals surface area contributed by atoms with Gasteiger partial charge in [0.25, 0.3) is 0 Å². The number of hydrogen-bond donors (Lipinski definition) is 1. The largest absolute Gasteiger partial charge is 0.481 e. The van der Waals surface area contributed by atoms with Crippen molar-refractivity contribution in [3.63, 3.8) is 0 Å². The summed E-state index contributed by atoms with van der Waals surface area (Å²) in [7, 11) is 1.76. The molecule has 6 heteroatoms. The highest BCUT2D eigenvalue weighted by molar-refractivity contribution is 5.67. The summed E-state index contributed by atoms with van der Waals surface area (Å²) >= 11 is 0. The minimum Gasteiger partial charge on any atom is -0.481 e. The third-order valence-corrected chi connectivity index (χ3v) is 2.60. The lowest BCUT2D eigenvalue weighted by Gasteiger charge is -2.15. The first-order valence-electron chi connectivity index (χ1n) is 5.83. The molecule has 0 amide bonds. The lowest BCUT2D eigenvalue weighted by Crippen LogP contribution is -2.22. The predicted molar refractivity (Wildman–Crippen MR) is 70.8 cm³/mol. The monoisotopic (exact) mass is 258 g/mol. The summed E-state index contributed by atoms with van der Waals surface area (Å²) in [4.78, 5) is 24.8. The van der Waals surface area contributed by atoms with Crippen LogP contribution >= 0.6 is 0 Å². The van der Waals surface area contributed by atoms with Gasteiger partial charge in [0.15, 0.2) is 0 Å². The average Bonchev–Trinajstić information content (AvgIpc) is 2.46. The van der Waals surface area contributed by atoms with E-state index in [1.54, 1.807) is 30.5 Å². The Hall–Kier alpha value is -2.50. The van der Waals surface area contributed by atoms with Crippen LogP contribution in [0.2, 0.25) is 0 Å². The van der Waals surface area contributed by atoms with Crippen LogP contribution in [-0.2, 0) is 4.79 Å². The fourth-order valence-electron chi connectivity index (χ4n) is 1.55. The zero-order valence-corrected chi connectivity index (χ0v) is 10.5. The number of carbonyl (C=O) groups is 1. The fraction of sp³-hybridized carbons (Fsp3) is 0.231. The minimum atomic E-state index is -0.836. The second kappa shape index (κ2) is 5.90. The summed E-state index contributed by atoms with van der Waals surface area (Å²) in [6.45, 7) is 0.373. The molecule has 0 bridgehead atoms. The quantitative estimate of drug-likeness (QED) is 0.874. The van der Waals surface area contributed by atoms with Crippen LogP contribution in [0, 0.1) is 0 Å². The van der Waals surface area contributed by atoms with Gasteiger partial charge in [-0.3, -0.25) is 9.78 Å². The van der Waals surface area contributed by atoms with Crippen molar-refractivity contribution >= 4 is 11.9 Å². The number of carboxylic acids is 1. The highest BCUT2D eigenvalue weighted by Crippen LogP contribution is 2.15. The van der Waals surface area contributed by atoms with E-state index in [2.05, 4.69) is 15.0 Å². The van der Waals surface area contributed by atoms with Gasteiger partial charge in [-0.05, 0) is 12.1 Å². The normalized spacial score (nSPS) is 10.2. The molecule has 0 aliphatic heterocycles. The molecule has 0 radical (unpaired) electrons. The SMILES string of the molecule is CN(CCC(=O)O)c1ncc(-c2ccccn2)cn1. The summed E-state index contributed by atoms with van der Waals surface area (Å²) in [5, 5.41) is 8.63. The van der Waals surface area contributed by atoms with Gasteiger partial charge in [-0.1, -0.05) is 6.07 Å². The maximum Gasteiger partial charge on any atom is 0.305 e. The van der Waals surface area contributed by atoms with Gasteiger partial charge >= 0.3 is 5.97 Å². The standard InChI is InChI=1S/C13H14N4O2/c1-17(7-5-12(18)19)13-15-8-10(9-16-13)11-4-2-3-6-14-11/h2-4,6,8-9H,5,7H2,1H3,(H,18,19). The Morgan fingerprint density at radius 3 is 2.58 bits per heavy atom. The lowest BCUT2D eigenvalue weighted by atomic mass is 10.2. The molecule has 2 rings (SSSR count). The van der Waals surface area contributed by atoms with E-state index < -0.39 is 5.97 Å². The topological polar surface area (TPSA) is 79.2 Å². The van der Waals surface area contributed by atoms with Crippen LogP contribution in [0.1, 0.15) is 6.42 Å². The Labute approximate surface area is 110 Å². The predicted octanol–water partition coefficient (Wildman–Crippen LogP) is 1.45. The Bertz CT molecular complexity index is 542. The molecule has 2 aromatic heterocycles. The zero-order chi connectivity index (χ0) is 13.7. The van der Waals surface area contributed by atoms with E-state index in [0.29, 0.717) is 12.5 Å². The van der Waals surface area contributed by atoms with Gasteiger partial charge in [0.2, 0.25) is 5.95 Å². The van der Waals surface area contributed by atoms with Gasteiger partial charge in [0, 0.05) is 37.7 Å². The van der Waals surface area contributed by atoms with E-state index >= 15 is 0 Å². The van der Waals surface area contributed by atoms with E-state index in [9.17, 15) is 4.79 Å². The Kier molecular flexibility index (Phi) is 4.02. The number of carboxylic acid groups (broad SMARTS) is 1. The van der Waals surface area contributed by atoms with Crippen molar-refractivity contribution < 1.29 is 9.90 Å². The summed E-state index contributed by atoms with van der Waals surface area (Å²) in [5.41, 5.74) is 1.64. The van der Waals surface area contributed by atoms with Crippen LogP contribution in [-0.4, -0.2) is 39.6 Å². The average molecular weight is 258 g/mol. The smallest absolute Gasteiger partial charge is 0.305 e. The molecule has 0 atom stereocenters. The second-order valence-corrected chi connectivity index (χ2v) is 4.05. The molecule has 2 aromatic rings. The van der Waals surface area contributed by atoms with Crippen molar-refractivity contribution in [2.45, 2.75) is 6.42 Å². The van der Waals surface area contributed by atoms with Crippen LogP contribution in [0.3, 0.4) is 0 Å². The van der Waals surface area contributed by atoms with Crippen LogP contribution < -0.4 is 4.90 Å². The van der Waals surface area contributed by atoms with Crippen LogP contribution in [0.15, 0.2) is 36.8 Å². The number of aliphatic carboxylic acids is 1. The lowest BCUT2D eigenvalue weighted by molar-refractivity contribution is -0.136. The first-order valence-corrected chi connectivity index (χ1v) is 5.83. The molecule has 0 fully saturated rings. The number of rotatable bonds is 5. The summed E-state index contributed by atoms with van der Waals surface area (Å²) in [6.07, 6.45) is 5.13. The summed E-state index contributed by atoms with van der Waals surface area (Å²) < 4.78 is 0. The molecule has 6 nitrogen and oxygen atoms in total. The number of aromatic nitrogens is 3. The van der Waals surface area contributed by atoms with Gasteiger partial charge in [-0.25, -0.2) is 9.97 Å². The molecule has 19 heavy (non-hydrogen) atoms. The maximum atomic E-state index is 10.5. The first kappa shape index (κ1) is 12.9. The third kappa shape index (κ3) is 3.48. The van der Waals surface area contributed by atoms with Crippen molar-refractivity contribution in [1.29, 1.82) is 0 Å². The van der Waals surface area contributed by atoms with E-state index in [1.807, 2.05) is 18.2 Å². The molecule has 0 saturated carbocycles. The van der Waals surface area contributed by atoms with Crippen LogP contribution in [0.4, 0.5) is 5.95 Å². The van der Waals surface area contributed by atoms with E-state index in [0.717, 1.165) is 11.3 Å². The zero-order valence-electron chi connectivity index (χ0n) is 10.5. The maximum absolute atomic E-state index is 10.5. The van der Waals surface area contributed by atoms with E-state index in [4.69, 9.17) is 5.11 Å².